The highest BCUT2D eigenvalue weighted by Crippen LogP contribution is 2.22. The summed E-state index contributed by atoms with van der Waals surface area (Å²) in [7, 11) is 0. The van der Waals surface area contributed by atoms with Crippen LogP contribution in [0.2, 0.25) is 0 Å². The zero-order chi connectivity index (χ0) is 12.4. The predicted molar refractivity (Wildman–Crippen MR) is 72.9 cm³/mol. The molecule has 0 aliphatic carbocycles. The molecule has 0 saturated heterocycles. The summed E-state index contributed by atoms with van der Waals surface area (Å²) >= 11 is 1.38. The zero-order valence-electron chi connectivity index (χ0n) is 10.4. The Kier molecular flexibility index (Phi) is 3.48. The van der Waals surface area contributed by atoms with Gasteiger partial charge in [-0.15, -0.1) is 0 Å². The van der Waals surface area contributed by atoms with E-state index in [1.54, 1.807) is 0 Å². The minimum atomic E-state index is 0.148. The van der Waals surface area contributed by atoms with Gasteiger partial charge in [0.2, 0.25) is 0 Å². The predicted octanol–water partition coefficient (Wildman–Crippen LogP) is 3.39. The van der Waals surface area contributed by atoms with E-state index in [-0.39, 0.29) is 4.87 Å². The molecule has 90 valence electrons. The molecule has 17 heavy (non-hydrogen) atoms. The van der Waals surface area contributed by atoms with Crippen molar-refractivity contribution < 1.29 is 0 Å². The summed E-state index contributed by atoms with van der Waals surface area (Å²) in [4.78, 5) is 13.3. The maximum atomic E-state index is 12.0. The molecule has 2 nitrogen and oxygen atoms in total. The van der Waals surface area contributed by atoms with E-state index in [1.165, 1.54) is 21.8 Å². The fourth-order valence-corrected chi connectivity index (χ4v) is 2.97. The SMILES string of the molecule is Cc1c(C(C)C)sc(=O)n1Cc1ccccc1. The lowest BCUT2D eigenvalue weighted by Gasteiger charge is -2.07. The molecule has 0 aliphatic heterocycles. The average molecular weight is 247 g/mol. The molecule has 0 aliphatic rings. The van der Waals surface area contributed by atoms with Gasteiger partial charge in [0.15, 0.2) is 0 Å². The van der Waals surface area contributed by atoms with Crippen LogP contribution in [0.15, 0.2) is 35.1 Å². The van der Waals surface area contributed by atoms with Crippen LogP contribution in [-0.2, 0) is 6.54 Å². The molecule has 2 aromatic rings. The van der Waals surface area contributed by atoms with E-state index in [4.69, 9.17) is 0 Å². The number of rotatable bonds is 3. The monoisotopic (exact) mass is 247 g/mol. The molecule has 0 saturated carbocycles. The molecule has 0 atom stereocenters. The van der Waals surface area contributed by atoms with Crippen LogP contribution in [0.25, 0.3) is 0 Å². The van der Waals surface area contributed by atoms with Crippen LogP contribution in [0.5, 0.6) is 0 Å². The summed E-state index contributed by atoms with van der Waals surface area (Å²) < 4.78 is 1.87. The standard InChI is InChI=1S/C14H17NOS/c1-10(2)13-11(3)15(14(16)17-13)9-12-7-5-4-6-8-12/h4-8,10H,9H2,1-3H3. The van der Waals surface area contributed by atoms with Crippen molar-refractivity contribution >= 4 is 11.3 Å². The van der Waals surface area contributed by atoms with Crippen LogP contribution in [0.4, 0.5) is 0 Å². The van der Waals surface area contributed by atoms with Crippen LogP contribution in [0.3, 0.4) is 0 Å². The first kappa shape index (κ1) is 12.1. The smallest absolute Gasteiger partial charge is 0.299 e. The van der Waals surface area contributed by atoms with Gasteiger partial charge < -0.3 is 0 Å². The fraction of sp³-hybridized carbons (Fsp3) is 0.357. The minimum absolute atomic E-state index is 0.148. The Hall–Kier alpha value is -1.35. The molecule has 1 aromatic carbocycles. The number of hydrogen-bond acceptors (Lipinski definition) is 2. The van der Waals surface area contributed by atoms with E-state index >= 15 is 0 Å². The Morgan fingerprint density at radius 1 is 1.24 bits per heavy atom. The molecule has 3 heteroatoms. The maximum absolute atomic E-state index is 12.0. The molecule has 0 radical (unpaired) electrons. The highest BCUT2D eigenvalue weighted by Gasteiger charge is 2.13. The van der Waals surface area contributed by atoms with Gasteiger partial charge >= 0.3 is 4.87 Å². The summed E-state index contributed by atoms with van der Waals surface area (Å²) in [5.74, 6) is 0.421. The van der Waals surface area contributed by atoms with Gasteiger partial charge in [0.1, 0.15) is 0 Å². The highest BCUT2D eigenvalue weighted by atomic mass is 32.1. The quantitative estimate of drug-likeness (QED) is 0.815. The van der Waals surface area contributed by atoms with E-state index in [1.807, 2.05) is 29.7 Å². The van der Waals surface area contributed by atoms with E-state index < -0.39 is 0 Å². The van der Waals surface area contributed by atoms with Crippen LogP contribution in [-0.4, -0.2) is 4.57 Å². The Balaban J connectivity index is 2.37. The first-order chi connectivity index (χ1) is 8.09. The Labute approximate surface area is 106 Å². The van der Waals surface area contributed by atoms with Crippen molar-refractivity contribution in [2.24, 2.45) is 0 Å². The van der Waals surface area contributed by atoms with E-state index in [9.17, 15) is 4.79 Å². The van der Waals surface area contributed by atoms with Gasteiger partial charge in [-0.2, -0.15) is 0 Å². The molecule has 0 spiro atoms. The lowest BCUT2D eigenvalue weighted by Crippen LogP contribution is -2.15. The second-order valence-corrected chi connectivity index (χ2v) is 5.54. The van der Waals surface area contributed by atoms with Gasteiger partial charge in [0, 0.05) is 10.6 Å². The van der Waals surface area contributed by atoms with Crippen LogP contribution >= 0.6 is 11.3 Å². The molecule has 0 unspecified atom stereocenters. The number of hydrogen-bond donors (Lipinski definition) is 0. The van der Waals surface area contributed by atoms with Crippen molar-refractivity contribution in [1.29, 1.82) is 0 Å². The summed E-state index contributed by atoms with van der Waals surface area (Å²) in [6, 6.07) is 10.1. The summed E-state index contributed by atoms with van der Waals surface area (Å²) in [5, 5.41) is 0. The third-order valence-corrected chi connectivity index (χ3v) is 4.27. The molecular formula is C14H17NOS. The number of thiazole rings is 1. The van der Waals surface area contributed by atoms with Crippen molar-refractivity contribution in [1.82, 2.24) is 4.57 Å². The Bertz CT molecular complexity index is 551. The molecule has 1 aromatic heterocycles. The van der Waals surface area contributed by atoms with Crippen molar-refractivity contribution in [3.63, 3.8) is 0 Å². The third kappa shape index (κ3) is 2.50. The number of aromatic nitrogens is 1. The second-order valence-electron chi connectivity index (χ2n) is 4.54. The topological polar surface area (TPSA) is 22.0 Å². The summed E-state index contributed by atoms with van der Waals surface area (Å²) in [5.41, 5.74) is 2.28. The Morgan fingerprint density at radius 3 is 2.41 bits per heavy atom. The van der Waals surface area contributed by atoms with Crippen LogP contribution in [0, 0.1) is 6.92 Å². The van der Waals surface area contributed by atoms with Gasteiger partial charge in [0.05, 0.1) is 6.54 Å². The molecule has 0 N–H and O–H groups in total. The number of nitrogens with zero attached hydrogens (tertiary/aromatic N) is 1. The van der Waals surface area contributed by atoms with Crippen molar-refractivity contribution in [2.45, 2.75) is 33.2 Å². The minimum Gasteiger partial charge on any atom is -0.299 e. The first-order valence-corrected chi connectivity index (χ1v) is 6.65. The van der Waals surface area contributed by atoms with Gasteiger partial charge in [-0.05, 0) is 18.4 Å². The van der Waals surface area contributed by atoms with Gasteiger partial charge in [-0.25, -0.2) is 0 Å². The van der Waals surface area contributed by atoms with Crippen molar-refractivity contribution in [2.75, 3.05) is 0 Å². The maximum Gasteiger partial charge on any atom is 0.307 e. The lowest BCUT2D eigenvalue weighted by atomic mass is 10.1. The molecule has 0 fully saturated rings. The van der Waals surface area contributed by atoms with Gasteiger partial charge in [-0.1, -0.05) is 55.5 Å². The molecule has 0 amide bonds. The molecule has 1 heterocycles. The van der Waals surface area contributed by atoms with E-state index in [0.29, 0.717) is 12.5 Å². The van der Waals surface area contributed by atoms with Gasteiger partial charge in [0.25, 0.3) is 0 Å². The highest BCUT2D eigenvalue weighted by molar-refractivity contribution is 7.09. The molecule has 0 bridgehead atoms. The lowest BCUT2D eigenvalue weighted by molar-refractivity contribution is 0.737. The van der Waals surface area contributed by atoms with Crippen molar-refractivity contribution in [3.05, 3.63) is 56.1 Å². The largest absolute Gasteiger partial charge is 0.307 e. The second kappa shape index (κ2) is 4.88. The number of benzene rings is 1. The van der Waals surface area contributed by atoms with Gasteiger partial charge in [-0.3, -0.25) is 9.36 Å². The molecule has 2 rings (SSSR count). The van der Waals surface area contributed by atoms with Crippen LogP contribution in [0.1, 0.15) is 35.9 Å². The van der Waals surface area contributed by atoms with Crippen molar-refractivity contribution in [3.8, 4) is 0 Å². The van der Waals surface area contributed by atoms with Crippen LogP contribution < -0.4 is 4.87 Å². The zero-order valence-corrected chi connectivity index (χ0v) is 11.3. The van der Waals surface area contributed by atoms with E-state index in [0.717, 1.165) is 5.69 Å². The summed E-state index contributed by atoms with van der Waals surface area (Å²) in [6.07, 6.45) is 0. The third-order valence-electron chi connectivity index (χ3n) is 2.89. The first-order valence-electron chi connectivity index (χ1n) is 5.83. The molecular weight excluding hydrogens is 230 g/mol. The fourth-order valence-electron chi connectivity index (χ4n) is 1.98. The summed E-state index contributed by atoms with van der Waals surface area (Å²) in [6.45, 7) is 6.97. The van der Waals surface area contributed by atoms with E-state index in [2.05, 4.69) is 26.0 Å². The normalized spacial score (nSPS) is 11.1. The Morgan fingerprint density at radius 2 is 1.88 bits per heavy atom. The average Bonchev–Trinajstić information content (AvgIpc) is 2.58.